The number of halogens is 1. The van der Waals surface area contributed by atoms with E-state index in [1.165, 1.54) is 12.1 Å². The van der Waals surface area contributed by atoms with E-state index in [2.05, 4.69) is 10.0 Å². The maximum Gasteiger partial charge on any atom is 0.291 e. The summed E-state index contributed by atoms with van der Waals surface area (Å²) < 4.78 is 39.8. The van der Waals surface area contributed by atoms with Gasteiger partial charge >= 0.3 is 0 Å². The van der Waals surface area contributed by atoms with Gasteiger partial charge in [-0.2, -0.15) is 0 Å². The van der Waals surface area contributed by atoms with Gasteiger partial charge in [-0.1, -0.05) is 23.7 Å². The van der Waals surface area contributed by atoms with E-state index < -0.39 is 15.9 Å². The second kappa shape index (κ2) is 10.3. The van der Waals surface area contributed by atoms with Crippen LogP contribution in [0.5, 0.6) is 0 Å². The van der Waals surface area contributed by atoms with Crippen LogP contribution in [-0.4, -0.2) is 40.6 Å². The van der Waals surface area contributed by atoms with Crippen molar-refractivity contribution in [1.29, 1.82) is 0 Å². The Balaban J connectivity index is 1.50. The zero-order valence-corrected chi connectivity index (χ0v) is 21.0. The summed E-state index contributed by atoms with van der Waals surface area (Å²) in [5.74, 6) is -0.873. The normalized spacial score (nSPS) is 13.9. The van der Waals surface area contributed by atoms with Crippen LogP contribution < -0.4 is 20.4 Å². The topological polar surface area (TPSA) is 118 Å². The molecule has 0 spiro atoms. The number of benzene rings is 3. The molecule has 3 aromatic carbocycles. The molecule has 5 rings (SSSR count). The summed E-state index contributed by atoms with van der Waals surface area (Å²) in [5.41, 5.74) is 1.12. The summed E-state index contributed by atoms with van der Waals surface area (Å²) in [5, 5.41) is 3.57. The molecule has 2 heterocycles. The highest BCUT2D eigenvalue weighted by Crippen LogP contribution is 2.31. The monoisotopic (exact) mass is 539 g/mol. The standard InChI is InChI=1S/C26H22ClN3O6S/c27-17-5-7-18(8-6-17)29-37(33,34)19-9-10-22(30-11-13-35-14-12-30)21(15-19)28-26(32)25-16-23(31)20-3-1-2-4-24(20)36-25/h1-10,15-16,29H,11-14H2,(H,28,32). The molecule has 1 aromatic heterocycles. The van der Waals surface area contributed by atoms with Gasteiger partial charge in [0.15, 0.2) is 11.2 Å². The minimum absolute atomic E-state index is 0.0604. The van der Waals surface area contributed by atoms with E-state index in [4.69, 9.17) is 20.8 Å². The minimum atomic E-state index is -3.99. The van der Waals surface area contributed by atoms with Gasteiger partial charge in [-0.05, 0) is 54.6 Å². The van der Waals surface area contributed by atoms with Gasteiger partial charge in [-0.15, -0.1) is 0 Å². The van der Waals surface area contributed by atoms with Crippen molar-refractivity contribution in [1.82, 2.24) is 0 Å². The lowest BCUT2D eigenvalue weighted by Gasteiger charge is -2.30. The second-order valence-corrected chi connectivity index (χ2v) is 10.4. The predicted molar refractivity (Wildman–Crippen MR) is 142 cm³/mol. The Bertz CT molecular complexity index is 1630. The molecule has 37 heavy (non-hydrogen) atoms. The van der Waals surface area contributed by atoms with Crippen LogP contribution >= 0.6 is 11.6 Å². The van der Waals surface area contributed by atoms with Crippen molar-refractivity contribution in [2.75, 3.05) is 41.2 Å². The molecule has 0 atom stereocenters. The molecule has 1 aliphatic rings. The summed E-state index contributed by atoms with van der Waals surface area (Å²) >= 11 is 5.89. The number of para-hydroxylation sites is 1. The third-order valence-electron chi connectivity index (χ3n) is 5.83. The molecule has 1 amide bonds. The largest absolute Gasteiger partial charge is 0.451 e. The van der Waals surface area contributed by atoms with E-state index in [0.29, 0.717) is 48.1 Å². The van der Waals surface area contributed by atoms with Crippen LogP contribution in [0.1, 0.15) is 10.6 Å². The van der Waals surface area contributed by atoms with Crippen LogP contribution in [0, 0.1) is 0 Å². The molecular formula is C26H22ClN3O6S. The Morgan fingerprint density at radius 2 is 1.68 bits per heavy atom. The van der Waals surface area contributed by atoms with Crippen molar-refractivity contribution in [2.45, 2.75) is 4.90 Å². The first kappa shape index (κ1) is 24.8. The van der Waals surface area contributed by atoms with Crippen LogP contribution in [0.2, 0.25) is 5.02 Å². The molecule has 0 saturated carbocycles. The van der Waals surface area contributed by atoms with Gasteiger partial charge in [0, 0.05) is 29.9 Å². The van der Waals surface area contributed by atoms with E-state index >= 15 is 0 Å². The summed E-state index contributed by atoms with van der Waals surface area (Å²) in [4.78, 5) is 27.6. The number of carbonyl (C=O) groups excluding carboxylic acids is 1. The number of nitrogens with zero attached hydrogens (tertiary/aromatic N) is 1. The van der Waals surface area contributed by atoms with E-state index in [1.54, 1.807) is 54.6 Å². The van der Waals surface area contributed by atoms with E-state index in [-0.39, 0.29) is 27.4 Å². The number of nitrogens with one attached hydrogen (secondary N) is 2. The number of ether oxygens (including phenoxy) is 1. The third-order valence-corrected chi connectivity index (χ3v) is 7.46. The molecule has 1 aliphatic heterocycles. The SMILES string of the molecule is O=C(Nc1cc(S(=O)(=O)Nc2ccc(Cl)cc2)ccc1N1CCOCC1)c1cc(=O)c2ccccc2o1. The molecule has 1 saturated heterocycles. The first-order chi connectivity index (χ1) is 17.8. The molecule has 0 bridgehead atoms. The van der Waals surface area contributed by atoms with Gasteiger partial charge in [-0.3, -0.25) is 14.3 Å². The van der Waals surface area contributed by atoms with Crippen LogP contribution in [0.3, 0.4) is 0 Å². The predicted octanol–water partition coefficient (Wildman–Crippen LogP) is 4.34. The fourth-order valence-corrected chi connectivity index (χ4v) is 5.20. The maximum absolute atomic E-state index is 13.2. The van der Waals surface area contributed by atoms with Crippen LogP contribution in [0.4, 0.5) is 17.1 Å². The summed E-state index contributed by atoms with van der Waals surface area (Å²) in [7, 11) is -3.99. The van der Waals surface area contributed by atoms with Gasteiger partial charge in [0.25, 0.3) is 15.9 Å². The third kappa shape index (κ3) is 5.46. The van der Waals surface area contributed by atoms with E-state index in [0.717, 1.165) is 6.07 Å². The van der Waals surface area contributed by atoms with E-state index in [1.807, 2.05) is 4.90 Å². The van der Waals surface area contributed by atoms with Gasteiger partial charge in [0.05, 0.1) is 34.9 Å². The molecule has 11 heteroatoms. The number of hydrogen-bond donors (Lipinski definition) is 2. The number of rotatable bonds is 6. The van der Waals surface area contributed by atoms with Crippen molar-refractivity contribution in [2.24, 2.45) is 0 Å². The molecule has 2 N–H and O–H groups in total. The van der Waals surface area contributed by atoms with Gasteiger partial charge < -0.3 is 19.4 Å². The Labute approximate surface area is 217 Å². The highest BCUT2D eigenvalue weighted by atomic mass is 35.5. The highest BCUT2D eigenvalue weighted by Gasteiger charge is 2.22. The fourth-order valence-electron chi connectivity index (χ4n) is 3.99. The van der Waals surface area contributed by atoms with E-state index in [9.17, 15) is 18.0 Å². The van der Waals surface area contributed by atoms with Crippen LogP contribution in [-0.2, 0) is 14.8 Å². The molecule has 0 radical (unpaired) electrons. The zero-order chi connectivity index (χ0) is 26.0. The molecule has 9 nitrogen and oxygen atoms in total. The summed E-state index contributed by atoms with van der Waals surface area (Å²) in [6, 6.07) is 18.5. The van der Waals surface area contributed by atoms with Crippen molar-refractivity contribution in [3.63, 3.8) is 0 Å². The average Bonchev–Trinajstić information content (AvgIpc) is 2.90. The molecular weight excluding hydrogens is 518 g/mol. The second-order valence-electron chi connectivity index (χ2n) is 8.32. The number of sulfonamides is 1. The van der Waals surface area contributed by atoms with Crippen molar-refractivity contribution in [3.8, 4) is 0 Å². The lowest BCUT2D eigenvalue weighted by molar-refractivity contribution is 0.0997. The van der Waals surface area contributed by atoms with Crippen LogP contribution in [0.15, 0.2) is 86.9 Å². The Morgan fingerprint density at radius 3 is 2.43 bits per heavy atom. The summed E-state index contributed by atoms with van der Waals surface area (Å²) in [6.07, 6.45) is 0. The molecule has 1 fully saturated rings. The number of morpholine rings is 1. The quantitative estimate of drug-likeness (QED) is 0.374. The molecule has 0 aliphatic carbocycles. The fraction of sp³-hybridized carbons (Fsp3) is 0.154. The van der Waals surface area contributed by atoms with Crippen LogP contribution in [0.25, 0.3) is 11.0 Å². The highest BCUT2D eigenvalue weighted by molar-refractivity contribution is 7.92. The lowest BCUT2D eigenvalue weighted by atomic mass is 10.2. The van der Waals surface area contributed by atoms with Crippen molar-refractivity contribution < 1.29 is 22.4 Å². The first-order valence-corrected chi connectivity index (χ1v) is 13.3. The number of carbonyl (C=O) groups is 1. The smallest absolute Gasteiger partial charge is 0.291 e. The number of fused-ring (bicyclic) bond motifs is 1. The van der Waals surface area contributed by atoms with Gasteiger partial charge in [0.1, 0.15) is 5.58 Å². The van der Waals surface area contributed by atoms with Gasteiger partial charge in [0.2, 0.25) is 0 Å². The molecule has 190 valence electrons. The first-order valence-electron chi connectivity index (χ1n) is 11.4. The Hall–Kier alpha value is -3.86. The van der Waals surface area contributed by atoms with Crippen molar-refractivity contribution in [3.05, 3.63) is 93.8 Å². The van der Waals surface area contributed by atoms with Crippen molar-refractivity contribution >= 4 is 55.6 Å². The average molecular weight is 540 g/mol. The minimum Gasteiger partial charge on any atom is -0.451 e. The lowest BCUT2D eigenvalue weighted by Crippen LogP contribution is -2.36. The zero-order valence-electron chi connectivity index (χ0n) is 19.4. The molecule has 4 aromatic rings. The van der Waals surface area contributed by atoms with Gasteiger partial charge in [-0.25, -0.2) is 8.42 Å². The number of amides is 1. The number of hydrogen-bond acceptors (Lipinski definition) is 7. The summed E-state index contributed by atoms with van der Waals surface area (Å²) in [6.45, 7) is 2.10. The molecule has 0 unspecified atom stereocenters. The maximum atomic E-state index is 13.2. The Kier molecular flexibility index (Phi) is 6.88. The number of anilines is 3. The Morgan fingerprint density at radius 1 is 0.946 bits per heavy atom.